The van der Waals surface area contributed by atoms with Gasteiger partial charge in [0.1, 0.15) is 24.0 Å². The molecule has 4 aromatic rings. The van der Waals surface area contributed by atoms with Gasteiger partial charge in [0.25, 0.3) is 11.8 Å². The molecule has 218 valence electrons. The fourth-order valence-electron chi connectivity index (χ4n) is 6.42. The molecule has 3 saturated carbocycles. The second-order valence-electron chi connectivity index (χ2n) is 12.8. The van der Waals surface area contributed by atoms with E-state index in [9.17, 15) is 14.7 Å². The fourth-order valence-corrected chi connectivity index (χ4v) is 6.42. The molecule has 11 heteroatoms. The van der Waals surface area contributed by atoms with Crippen LogP contribution in [0.15, 0.2) is 42.7 Å². The maximum atomic E-state index is 13.3. The van der Waals surface area contributed by atoms with Gasteiger partial charge < -0.3 is 25.6 Å². The van der Waals surface area contributed by atoms with Crippen molar-refractivity contribution in [1.82, 2.24) is 24.9 Å². The molecule has 4 N–H and O–H groups in total. The number of carbonyl (C=O) groups is 2. The van der Waals surface area contributed by atoms with Crippen molar-refractivity contribution in [3.05, 3.63) is 59.5 Å². The third kappa shape index (κ3) is 4.91. The molecule has 0 aromatic carbocycles. The van der Waals surface area contributed by atoms with E-state index in [1.54, 1.807) is 38.4 Å². The third-order valence-corrected chi connectivity index (χ3v) is 8.58. The summed E-state index contributed by atoms with van der Waals surface area (Å²) < 4.78 is 13.9. The summed E-state index contributed by atoms with van der Waals surface area (Å²) in [6.07, 6.45) is 8.70. The van der Waals surface area contributed by atoms with Crippen molar-refractivity contribution < 1.29 is 24.2 Å². The summed E-state index contributed by atoms with van der Waals surface area (Å²) in [5, 5.41) is 18.6. The summed E-state index contributed by atoms with van der Waals surface area (Å²) in [7, 11) is 0. The number of fused-ring (bicyclic) bond motifs is 2. The van der Waals surface area contributed by atoms with Crippen LogP contribution in [0.3, 0.4) is 0 Å². The molecule has 0 atom stereocenters. The Kier molecular flexibility index (Phi) is 6.12. The maximum absolute atomic E-state index is 13.3. The lowest BCUT2D eigenvalue weighted by molar-refractivity contribution is -0.0847. The molecule has 11 nitrogen and oxygen atoms in total. The van der Waals surface area contributed by atoms with Gasteiger partial charge in [0, 0.05) is 23.5 Å². The minimum atomic E-state index is -0.949. The summed E-state index contributed by atoms with van der Waals surface area (Å²) >= 11 is 0. The Balaban J connectivity index is 0.980. The number of carbonyl (C=O) groups excluding carboxylic acids is 2. The van der Waals surface area contributed by atoms with Crippen LogP contribution < -0.4 is 20.5 Å². The number of aromatic nitrogens is 4. The van der Waals surface area contributed by atoms with Gasteiger partial charge in [0.05, 0.1) is 28.6 Å². The first-order chi connectivity index (χ1) is 20.1. The van der Waals surface area contributed by atoms with E-state index >= 15 is 0 Å². The van der Waals surface area contributed by atoms with Crippen molar-refractivity contribution in [2.45, 2.75) is 76.0 Å². The first-order valence-corrected chi connectivity index (χ1v) is 14.5. The lowest BCUT2D eigenvalue weighted by Gasteiger charge is -2.57. The highest BCUT2D eigenvalue weighted by atomic mass is 16.5. The van der Waals surface area contributed by atoms with Gasteiger partial charge in [-0.2, -0.15) is 10.1 Å². The van der Waals surface area contributed by atoms with Crippen LogP contribution in [-0.4, -0.2) is 60.9 Å². The van der Waals surface area contributed by atoms with Gasteiger partial charge in [-0.25, -0.2) is 9.50 Å². The van der Waals surface area contributed by atoms with Crippen molar-refractivity contribution in [2.24, 2.45) is 11.1 Å². The predicted octanol–water partition coefficient (Wildman–Crippen LogP) is 3.52. The number of pyridine rings is 3. The van der Waals surface area contributed by atoms with E-state index in [0.29, 0.717) is 22.9 Å². The Hall–Kier alpha value is -4.25. The van der Waals surface area contributed by atoms with Crippen molar-refractivity contribution in [2.75, 3.05) is 6.61 Å². The number of ether oxygens (including phenoxy) is 2. The van der Waals surface area contributed by atoms with Crippen molar-refractivity contribution in [3.8, 4) is 11.6 Å². The average Bonchev–Trinajstić information content (AvgIpc) is 3.65. The van der Waals surface area contributed by atoms with Gasteiger partial charge in [0.2, 0.25) is 5.88 Å². The molecule has 3 aliphatic rings. The molecule has 3 aliphatic carbocycles. The molecular weight excluding hydrogens is 536 g/mol. The van der Waals surface area contributed by atoms with E-state index in [1.165, 1.54) is 0 Å². The second kappa shape index (κ2) is 9.65. The van der Waals surface area contributed by atoms with Gasteiger partial charge in [0.15, 0.2) is 5.65 Å². The Morgan fingerprint density at radius 3 is 2.67 bits per heavy atom. The molecule has 0 aliphatic heterocycles. The van der Waals surface area contributed by atoms with E-state index in [1.807, 2.05) is 22.7 Å². The van der Waals surface area contributed by atoms with Crippen LogP contribution in [0, 0.1) is 5.41 Å². The molecule has 4 aromatic heterocycles. The minimum Gasteiger partial charge on any atom is -0.489 e. The van der Waals surface area contributed by atoms with E-state index < -0.39 is 11.5 Å². The number of nitrogens with one attached hydrogen (secondary N) is 1. The topological polar surface area (TPSA) is 154 Å². The first-order valence-electron chi connectivity index (χ1n) is 14.5. The number of nitrogens with two attached hydrogens (primary N) is 1. The van der Waals surface area contributed by atoms with Gasteiger partial charge in [-0.05, 0) is 88.1 Å². The molecule has 7 rings (SSSR count). The average molecular weight is 571 g/mol. The molecule has 4 heterocycles. The quantitative estimate of drug-likeness (QED) is 0.276. The highest BCUT2D eigenvalue weighted by Gasteiger charge is 2.54. The first kappa shape index (κ1) is 26.6. The number of amides is 2. The Morgan fingerprint density at radius 1 is 1.17 bits per heavy atom. The van der Waals surface area contributed by atoms with E-state index in [2.05, 4.69) is 20.4 Å². The maximum Gasteiger partial charge on any atom is 0.255 e. The lowest BCUT2D eigenvalue weighted by atomic mass is 9.53. The summed E-state index contributed by atoms with van der Waals surface area (Å²) in [6.45, 7) is 3.59. The van der Waals surface area contributed by atoms with E-state index in [-0.39, 0.29) is 41.5 Å². The number of rotatable bonds is 9. The number of hydrogen-bond acceptors (Lipinski definition) is 8. The lowest BCUT2D eigenvalue weighted by Crippen LogP contribution is -2.58. The van der Waals surface area contributed by atoms with Gasteiger partial charge in [-0.15, -0.1) is 0 Å². The van der Waals surface area contributed by atoms with Crippen LogP contribution in [0.25, 0.3) is 16.6 Å². The predicted molar refractivity (Wildman–Crippen MR) is 154 cm³/mol. The Morgan fingerprint density at radius 2 is 1.95 bits per heavy atom. The molecule has 2 amide bonds. The van der Waals surface area contributed by atoms with Crippen LogP contribution in [0.4, 0.5) is 0 Å². The highest BCUT2D eigenvalue weighted by Crippen LogP contribution is 2.57. The van der Waals surface area contributed by atoms with E-state index in [4.69, 9.17) is 15.2 Å². The number of hydrogen-bond donors (Lipinski definition) is 3. The van der Waals surface area contributed by atoms with Crippen LogP contribution in [0.2, 0.25) is 0 Å². The van der Waals surface area contributed by atoms with Crippen molar-refractivity contribution in [1.29, 1.82) is 0 Å². The standard InChI is InChI=1S/C31H34N6O5/c1-30(2,40)16-41-24-8-7-23-22(15-34-37(23)25(24)17-5-6-17)28(39)35-19-11-31(12-19)13-20(14-31)42-29-21(26(32)38)10-18-4-3-9-33-27(18)36-29/h3-4,7-10,15,17,19-20,40H,5-6,11-14,16H2,1-2H3,(H2,32,38)(H,35,39). The Labute approximate surface area is 242 Å². The SMILES string of the molecule is CC(C)(O)COc1ccc2c(C(=O)NC3CC4(C3)CC(Oc3nc5ncccc5cc3C(N)=O)C4)cnn2c1C1CC1. The molecule has 0 bridgehead atoms. The van der Waals surface area contributed by atoms with E-state index in [0.717, 1.165) is 55.1 Å². The minimum absolute atomic E-state index is 0.0679. The normalized spacial score (nSPS) is 23.4. The summed E-state index contributed by atoms with van der Waals surface area (Å²) in [6, 6.07) is 9.11. The smallest absolute Gasteiger partial charge is 0.255 e. The van der Waals surface area contributed by atoms with Crippen LogP contribution in [0.5, 0.6) is 11.6 Å². The molecule has 0 unspecified atom stereocenters. The molecular formula is C31H34N6O5. The van der Waals surface area contributed by atoms with Crippen LogP contribution in [-0.2, 0) is 0 Å². The second-order valence-corrected chi connectivity index (χ2v) is 12.8. The largest absolute Gasteiger partial charge is 0.489 e. The van der Waals surface area contributed by atoms with Crippen LogP contribution >= 0.6 is 0 Å². The van der Waals surface area contributed by atoms with Crippen LogP contribution in [0.1, 0.15) is 84.7 Å². The summed E-state index contributed by atoms with van der Waals surface area (Å²) in [5.41, 5.74) is 7.77. The molecule has 0 radical (unpaired) electrons. The third-order valence-electron chi connectivity index (χ3n) is 8.58. The zero-order valence-corrected chi connectivity index (χ0v) is 23.7. The number of nitrogens with zero attached hydrogens (tertiary/aromatic N) is 4. The zero-order valence-electron chi connectivity index (χ0n) is 23.7. The number of primary amides is 1. The van der Waals surface area contributed by atoms with Gasteiger partial charge >= 0.3 is 0 Å². The summed E-state index contributed by atoms with van der Waals surface area (Å²) in [5.74, 6) is 0.538. The van der Waals surface area contributed by atoms with Gasteiger partial charge in [-0.3, -0.25) is 9.59 Å². The fraction of sp³-hybridized carbons (Fsp3) is 0.452. The molecule has 1 spiro atoms. The monoisotopic (exact) mass is 570 g/mol. The number of aliphatic hydroxyl groups is 1. The molecule has 42 heavy (non-hydrogen) atoms. The zero-order chi connectivity index (χ0) is 29.2. The molecule has 3 fully saturated rings. The highest BCUT2D eigenvalue weighted by molar-refractivity contribution is 6.01. The molecule has 0 saturated heterocycles. The van der Waals surface area contributed by atoms with Gasteiger partial charge in [-0.1, -0.05) is 0 Å². The summed E-state index contributed by atoms with van der Waals surface area (Å²) in [4.78, 5) is 34.0. The van der Waals surface area contributed by atoms with Crippen molar-refractivity contribution in [3.63, 3.8) is 0 Å². The van der Waals surface area contributed by atoms with Crippen molar-refractivity contribution >= 4 is 28.4 Å². The Bertz CT molecular complexity index is 1710.